The Labute approximate surface area is 83.5 Å². The summed E-state index contributed by atoms with van der Waals surface area (Å²) < 4.78 is 5.59. The topological polar surface area (TPSA) is 55.5 Å². The molecular weight excluding hydrogens is 178 g/mol. The third-order valence-corrected chi connectivity index (χ3v) is 2.73. The molecule has 0 amide bonds. The molecule has 0 saturated carbocycles. The smallest absolute Gasteiger partial charge is 0.122 e. The molecule has 1 unspecified atom stereocenters. The van der Waals surface area contributed by atoms with E-state index in [-0.39, 0.29) is 11.2 Å². The Bertz CT molecular complexity index is 351. The van der Waals surface area contributed by atoms with Crippen molar-refractivity contribution < 1.29 is 9.84 Å². The number of phenolic OH excluding ortho intramolecular Hbond substituents is 1. The maximum atomic E-state index is 9.34. The van der Waals surface area contributed by atoms with E-state index in [2.05, 4.69) is 6.92 Å². The monoisotopic (exact) mass is 193 g/mol. The first-order chi connectivity index (χ1) is 6.63. The molecule has 1 atom stereocenters. The number of fused-ring (bicyclic) bond motifs is 1. The highest BCUT2D eigenvalue weighted by Gasteiger charge is 2.30. The Morgan fingerprint density at radius 3 is 3.07 bits per heavy atom. The van der Waals surface area contributed by atoms with Crippen LogP contribution in [0.25, 0.3) is 0 Å². The van der Waals surface area contributed by atoms with Gasteiger partial charge in [-0.2, -0.15) is 0 Å². The van der Waals surface area contributed by atoms with Crippen molar-refractivity contribution in [3.8, 4) is 11.5 Å². The summed E-state index contributed by atoms with van der Waals surface area (Å²) in [4.78, 5) is 0. The average molecular weight is 193 g/mol. The molecule has 3 nitrogen and oxygen atoms in total. The molecule has 1 aromatic carbocycles. The largest absolute Gasteiger partial charge is 0.508 e. The Balaban J connectivity index is 2.33. The molecule has 3 N–H and O–H groups in total. The Hall–Kier alpha value is -1.22. The van der Waals surface area contributed by atoms with E-state index < -0.39 is 0 Å². The molecule has 2 rings (SSSR count). The van der Waals surface area contributed by atoms with Gasteiger partial charge in [-0.1, -0.05) is 6.92 Å². The molecular formula is C11H15NO2. The van der Waals surface area contributed by atoms with Crippen molar-refractivity contribution in [3.63, 3.8) is 0 Å². The lowest BCUT2D eigenvalue weighted by Crippen LogP contribution is -2.38. The number of benzene rings is 1. The number of phenols is 1. The third-order valence-electron chi connectivity index (χ3n) is 2.73. The second-order valence-corrected chi connectivity index (χ2v) is 4.27. The molecule has 1 aromatic rings. The summed E-state index contributed by atoms with van der Waals surface area (Å²) in [6, 6.07) is 5.20. The van der Waals surface area contributed by atoms with Crippen LogP contribution in [0, 0.1) is 5.41 Å². The first-order valence-electron chi connectivity index (χ1n) is 4.78. The van der Waals surface area contributed by atoms with Crippen LogP contribution in [0.15, 0.2) is 18.2 Å². The van der Waals surface area contributed by atoms with Gasteiger partial charge in [-0.3, -0.25) is 0 Å². The average Bonchev–Trinajstić information content (AvgIpc) is 2.17. The molecule has 76 valence electrons. The van der Waals surface area contributed by atoms with Crippen LogP contribution in [0.2, 0.25) is 0 Å². The van der Waals surface area contributed by atoms with E-state index >= 15 is 0 Å². The number of rotatable bonds is 1. The van der Waals surface area contributed by atoms with Gasteiger partial charge in [0.2, 0.25) is 0 Å². The normalized spacial score (nSPS) is 25.3. The number of hydrogen-bond donors (Lipinski definition) is 2. The van der Waals surface area contributed by atoms with Gasteiger partial charge in [0, 0.05) is 12.0 Å². The van der Waals surface area contributed by atoms with Crippen molar-refractivity contribution in [1.29, 1.82) is 0 Å². The van der Waals surface area contributed by atoms with E-state index in [1.54, 1.807) is 18.2 Å². The van der Waals surface area contributed by atoms with Crippen LogP contribution in [0.5, 0.6) is 11.5 Å². The van der Waals surface area contributed by atoms with Gasteiger partial charge in [0.1, 0.15) is 11.5 Å². The van der Waals surface area contributed by atoms with Gasteiger partial charge in [0.05, 0.1) is 6.61 Å². The lowest BCUT2D eigenvalue weighted by atomic mass is 9.82. The zero-order chi connectivity index (χ0) is 10.2. The molecule has 1 heterocycles. The minimum atomic E-state index is 0.000787. The Kier molecular flexibility index (Phi) is 2.11. The zero-order valence-electron chi connectivity index (χ0n) is 8.29. The van der Waals surface area contributed by atoms with E-state index in [4.69, 9.17) is 10.5 Å². The highest BCUT2D eigenvalue weighted by Crippen LogP contribution is 2.35. The van der Waals surface area contributed by atoms with Crippen LogP contribution in [-0.2, 0) is 6.42 Å². The summed E-state index contributed by atoms with van der Waals surface area (Å²) in [6.07, 6.45) is 0.868. The summed E-state index contributed by atoms with van der Waals surface area (Å²) in [6.45, 7) is 3.35. The number of ether oxygens (including phenoxy) is 1. The molecule has 0 fully saturated rings. The first kappa shape index (κ1) is 9.34. The van der Waals surface area contributed by atoms with E-state index in [0.717, 1.165) is 17.7 Å². The van der Waals surface area contributed by atoms with Crippen molar-refractivity contribution in [3.05, 3.63) is 23.8 Å². The molecule has 14 heavy (non-hydrogen) atoms. The number of hydrogen-bond acceptors (Lipinski definition) is 3. The lowest BCUT2D eigenvalue weighted by Gasteiger charge is -2.33. The maximum Gasteiger partial charge on any atom is 0.122 e. The fourth-order valence-corrected chi connectivity index (χ4v) is 1.74. The molecule has 1 aliphatic rings. The zero-order valence-corrected chi connectivity index (χ0v) is 8.29. The van der Waals surface area contributed by atoms with Gasteiger partial charge in [-0.05, 0) is 30.2 Å². The van der Waals surface area contributed by atoms with Crippen LogP contribution in [0.4, 0.5) is 0 Å². The highest BCUT2D eigenvalue weighted by molar-refractivity contribution is 5.41. The standard InChI is InChI=1S/C11H15NO2/c1-11(6-12)5-8-4-9(13)2-3-10(8)14-7-11/h2-4,13H,5-7,12H2,1H3. The summed E-state index contributed by atoms with van der Waals surface area (Å²) >= 11 is 0. The van der Waals surface area contributed by atoms with Crippen LogP contribution in [0.1, 0.15) is 12.5 Å². The van der Waals surface area contributed by atoms with Gasteiger partial charge in [0.15, 0.2) is 0 Å². The van der Waals surface area contributed by atoms with Crippen molar-refractivity contribution >= 4 is 0 Å². The molecule has 0 saturated heterocycles. The van der Waals surface area contributed by atoms with Crippen LogP contribution >= 0.6 is 0 Å². The predicted molar refractivity (Wildman–Crippen MR) is 54.5 cm³/mol. The number of aromatic hydroxyl groups is 1. The predicted octanol–water partition coefficient (Wildman–Crippen LogP) is 1.29. The number of nitrogens with two attached hydrogens (primary N) is 1. The van der Waals surface area contributed by atoms with Crippen molar-refractivity contribution in [2.24, 2.45) is 11.1 Å². The maximum absolute atomic E-state index is 9.34. The Morgan fingerprint density at radius 2 is 2.36 bits per heavy atom. The first-order valence-corrected chi connectivity index (χ1v) is 4.78. The lowest BCUT2D eigenvalue weighted by molar-refractivity contribution is 0.144. The van der Waals surface area contributed by atoms with Gasteiger partial charge in [0.25, 0.3) is 0 Å². The van der Waals surface area contributed by atoms with Gasteiger partial charge >= 0.3 is 0 Å². The van der Waals surface area contributed by atoms with Crippen LogP contribution < -0.4 is 10.5 Å². The van der Waals surface area contributed by atoms with Crippen LogP contribution in [0.3, 0.4) is 0 Å². The summed E-state index contributed by atoms with van der Waals surface area (Å²) in [5, 5.41) is 9.34. The minimum absolute atomic E-state index is 0.000787. The Morgan fingerprint density at radius 1 is 1.57 bits per heavy atom. The molecule has 3 heteroatoms. The SMILES string of the molecule is CC1(CN)COc2ccc(O)cc2C1. The van der Waals surface area contributed by atoms with Gasteiger partial charge in [-0.25, -0.2) is 0 Å². The quantitative estimate of drug-likeness (QED) is 0.706. The minimum Gasteiger partial charge on any atom is -0.508 e. The van der Waals surface area contributed by atoms with Crippen LogP contribution in [-0.4, -0.2) is 18.3 Å². The van der Waals surface area contributed by atoms with E-state index in [1.807, 2.05) is 0 Å². The van der Waals surface area contributed by atoms with Crippen molar-refractivity contribution in [2.45, 2.75) is 13.3 Å². The van der Waals surface area contributed by atoms with Crippen molar-refractivity contribution in [1.82, 2.24) is 0 Å². The third kappa shape index (κ3) is 1.55. The second kappa shape index (κ2) is 3.17. The highest BCUT2D eigenvalue weighted by atomic mass is 16.5. The van der Waals surface area contributed by atoms with E-state index in [0.29, 0.717) is 13.2 Å². The summed E-state index contributed by atoms with van der Waals surface area (Å²) in [5.41, 5.74) is 6.74. The van der Waals surface area contributed by atoms with E-state index in [1.165, 1.54) is 0 Å². The summed E-state index contributed by atoms with van der Waals surface area (Å²) in [7, 11) is 0. The van der Waals surface area contributed by atoms with Gasteiger partial charge < -0.3 is 15.6 Å². The molecule has 1 aliphatic heterocycles. The van der Waals surface area contributed by atoms with Gasteiger partial charge in [-0.15, -0.1) is 0 Å². The molecule has 0 aromatic heterocycles. The molecule has 0 radical (unpaired) electrons. The van der Waals surface area contributed by atoms with E-state index in [9.17, 15) is 5.11 Å². The fraction of sp³-hybridized carbons (Fsp3) is 0.455. The molecule has 0 spiro atoms. The molecule has 0 aliphatic carbocycles. The fourth-order valence-electron chi connectivity index (χ4n) is 1.74. The van der Waals surface area contributed by atoms with Crippen molar-refractivity contribution in [2.75, 3.05) is 13.2 Å². The molecule has 0 bridgehead atoms. The second-order valence-electron chi connectivity index (χ2n) is 4.27. The summed E-state index contributed by atoms with van der Waals surface area (Å²) in [5.74, 6) is 1.15.